The first kappa shape index (κ1) is 20.3. The van der Waals surface area contributed by atoms with Crippen LogP contribution >= 0.6 is 0 Å². The molecule has 0 aromatic rings. The molecule has 0 radical (unpaired) electrons. The number of aliphatic carboxylic acids is 1. The van der Waals surface area contributed by atoms with Gasteiger partial charge in [0.15, 0.2) is 5.78 Å². The maximum Gasteiger partial charge on any atom is 0.303 e. The fourth-order valence-corrected chi connectivity index (χ4v) is 1.81. The maximum atomic E-state index is 11.6. The Bertz CT molecular complexity index is 394. The van der Waals surface area contributed by atoms with Gasteiger partial charge in [-0.05, 0) is 25.3 Å². The van der Waals surface area contributed by atoms with E-state index in [0.717, 1.165) is 25.7 Å². The van der Waals surface area contributed by atoms with E-state index in [2.05, 4.69) is 0 Å². The van der Waals surface area contributed by atoms with Crippen LogP contribution in [-0.2, 0) is 9.59 Å². The largest absolute Gasteiger partial charge is 0.481 e. The van der Waals surface area contributed by atoms with Gasteiger partial charge < -0.3 is 10.2 Å². The number of carbonyl (C=O) groups excluding carboxylic acids is 1. The van der Waals surface area contributed by atoms with Crippen molar-refractivity contribution in [3.63, 3.8) is 0 Å². The third kappa shape index (κ3) is 14.7. The molecule has 0 rings (SSSR count). The van der Waals surface area contributed by atoms with Crippen LogP contribution in [0.15, 0.2) is 36.5 Å². The number of hydrogen-bond donors (Lipinski definition) is 2. The summed E-state index contributed by atoms with van der Waals surface area (Å²) in [6.45, 7) is 1.91. The van der Waals surface area contributed by atoms with E-state index in [9.17, 15) is 14.7 Å². The fraction of sp³-hybridized carbons (Fsp3) is 0.556. The second-order valence-corrected chi connectivity index (χ2v) is 5.23. The Morgan fingerprint density at radius 3 is 2.14 bits per heavy atom. The second kappa shape index (κ2) is 14.3. The van der Waals surface area contributed by atoms with Gasteiger partial charge in [-0.2, -0.15) is 0 Å². The van der Waals surface area contributed by atoms with Crippen LogP contribution in [0.4, 0.5) is 0 Å². The van der Waals surface area contributed by atoms with Crippen LogP contribution in [0.2, 0.25) is 0 Å². The van der Waals surface area contributed by atoms with Crippen LogP contribution in [0.3, 0.4) is 0 Å². The monoisotopic (exact) mass is 308 g/mol. The molecule has 1 atom stereocenters. The van der Waals surface area contributed by atoms with Crippen molar-refractivity contribution in [1.82, 2.24) is 0 Å². The molecule has 0 amide bonds. The first-order valence-corrected chi connectivity index (χ1v) is 8.00. The number of carboxylic acids is 1. The molecule has 0 aliphatic carbocycles. The summed E-state index contributed by atoms with van der Waals surface area (Å²) in [5.74, 6) is -0.639. The summed E-state index contributed by atoms with van der Waals surface area (Å²) >= 11 is 0. The highest BCUT2D eigenvalue weighted by molar-refractivity contribution is 5.89. The molecule has 0 bridgehead atoms. The van der Waals surface area contributed by atoms with E-state index in [0.29, 0.717) is 19.3 Å². The summed E-state index contributed by atoms with van der Waals surface area (Å²) in [4.78, 5) is 21.9. The normalized spacial score (nSPS) is 13.4. The number of rotatable bonds is 13. The lowest BCUT2D eigenvalue weighted by Gasteiger charge is -1.98. The number of hydrogen-bond acceptors (Lipinski definition) is 3. The summed E-state index contributed by atoms with van der Waals surface area (Å²) in [7, 11) is 0. The summed E-state index contributed by atoms with van der Waals surface area (Å²) in [5, 5.41) is 17.8. The first-order valence-electron chi connectivity index (χ1n) is 8.00. The second-order valence-electron chi connectivity index (χ2n) is 5.23. The fourth-order valence-electron chi connectivity index (χ4n) is 1.81. The molecule has 0 aromatic heterocycles. The molecule has 0 saturated carbocycles. The van der Waals surface area contributed by atoms with E-state index in [-0.39, 0.29) is 12.2 Å². The molecule has 4 heteroatoms. The molecule has 0 aliphatic rings. The minimum absolute atomic E-state index is 0.104. The van der Waals surface area contributed by atoms with Gasteiger partial charge in [-0.3, -0.25) is 9.59 Å². The van der Waals surface area contributed by atoms with E-state index in [1.54, 1.807) is 36.5 Å². The number of carboxylic acid groups (broad SMARTS) is 1. The Balaban J connectivity index is 3.60. The molecular weight excluding hydrogens is 280 g/mol. The van der Waals surface area contributed by atoms with E-state index in [4.69, 9.17) is 5.11 Å². The third-order valence-corrected chi connectivity index (χ3v) is 3.18. The maximum absolute atomic E-state index is 11.6. The van der Waals surface area contributed by atoms with Crippen molar-refractivity contribution in [2.45, 2.75) is 64.4 Å². The van der Waals surface area contributed by atoms with Crippen molar-refractivity contribution in [3.8, 4) is 0 Å². The first-order chi connectivity index (χ1) is 10.6. The number of aliphatic hydroxyl groups excluding tert-OH is 1. The smallest absolute Gasteiger partial charge is 0.303 e. The molecular formula is C18H28O4. The molecule has 0 aliphatic heterocycles. The standard InChI is InChI=1S/C18H28O4/c1-2-16(19)12-8-6-7-10-14-17(20)13-9-4-3-5-11-15-18(21)22/h6-8,10,12,14,16,19H,2-5,9,11,13,15H2,1H3,(H,21,22)/b7-6+,12-8+,14-10+/t16-/m1/s1. The predicted molar refractivity (Wildman–Crippen MR) is 88.7 cm³/mol. The lowest BCUT2D eigenvalue weighted by molar-refractivity contribution is -0.137. The number of allylic oxidation sites excluding steroid dienone is 5. The van der Waals surface area contributed by atoms with Crippen molar-refractivity contribution in [2.75, 3.05) is 0 Å². The van der Waals surface area contributed by atoms with Crippen molar-refractivity contribution >= 4 is 11.8 Å². The molecule has 4 nitrogen and oxygen atoms in total. The predicted octanol–water partition coefficient (Wildman–Crippen LogP) is 3.81. The van der Waals surface area contributed by atoms with Gasteiger partial charge in [0.1, 0.15) is 0 Å². The number of carbonyl (C=O) groups is 2. The minimum Gasteiger partial charge on any atom is -0.481 e. The minimum atomic E-state index is -0.743. The van der Waals surface area contributed by atoms with Crippen molar-refractivity contribution < 1.29 is 19.8 Å². The Morgan fingerprint density at radius 2 is 1.50 bits per heavy atom. The molecule has 0 unspecified atom stereocenters. The lowest BCUT2D eigenvalue weighted by atomic mass is 10.1. The van der Waals surface area contributed by atoms with Crippen LogP contribution in [0.5, 0.6) is 0 Å². The van der Waals surface area contributed by atoms with Crippen LogP contribution < -0.4 is 0 Å². The van der Waals surface area contributed by atoms with Gasteiger partial charge in [-0.1, -0.05) is 56.6 Å². The average molecular weight is 308 g/mol. The zero-order valence-electron chi connectivity index (χ0n) is 13.4. The molecule has 0 fully saturated rings. The summed E-state index contributed by atoms with van der Waals surface area (Å²) in [6, 6.07) is 0. The van der Waals surface area contributed by atoms with Gasteiger partial charge in [0, 0.05) is 12.8 Å². The van der Waals surface area contributed by atoms with Gasteiger partial charge in [-0.15, -0.1) is 0 Å². The van der Waals surface area contributed by atoms with Gasteiger partial charge in [0.2, 0.25) is 0 Å². The third-order valence-electron chi connectivity index (χ3n) is 3.18. The van der Waals surface area contributed by atoms with Crippen molar-refractivity contribution in [3.05, 3.63) is 36.5 Å². The molecule has 0 aromatic carbocycles. The Morgan fingerprint density at radius 1 is 0.909 bits per heavy atom. The van der Waals surface area contributed by atoms with Gasteiger partial charge in [0.25, 0.3) is 0 Å². The lowest BCUT2D eigenvalue weighted by Crippen LogP contribution is -1.97. The van der Waals surface area contributed by atoms with Crippen LogP contribution in [0.25, 0.3) is 0 Å². The highest BCUT2D eigenvalue weighted by Crippen LogP contribution is 2.07. The summed E-state index contributed by atoms with van der Waals surface area (Å²) < 4.78 is 0. The summed E-state index contributed by atoms with van der Waals surface area (Å²) in [6.07, 6.45) is 15.8. The van der Waals surface area contributed by atoms with Crippen LogP contribution in [0, 0.1) is 0 Å². The van der Waals surface area contributed by atoms with E-state index in [1.807, 2.05) is 6.92 Å². The zero-order chi connectivity index (χ0) is 16.6. The molecule has 0 heterocycles. The van der Waals surface area contributed by atoms with E-state index >= 15 is 0 Å². The van der Waals surface area contributed by atoms with Gasteiger partial charge >= 0.3 is 5.97 Å². The SMILES string of the molecule is CC[C@@H](O)/C=C/C=C/C=C/C(=O)CCCCCCCC(=O)O. The Hall–Kier alpha value is -1.68. The van der Waals surface area contributed by atoms with Gasteiger partial charge in [0.05, 0.1) is 6.10 Å². The number of aliphatic hydroxyl groups is 1. The highest BCUT2D eigenvalue weighted by atomic mass is 16.4. The molecule has 0 saturated heterocycles. The molecule has 0 spiro atoms. The Kier molecular flexibility index (Phi) is 13.2. The van der Waals surface area contributed by atoms with Crippen LogP contribution in [-0.4, -0.2) is 28.1 Å². The molecule has 2 N–H and O–H groups in total. The highest BCUT2D eigenvalue weighted by Gasteiger charge is 1.98. The van der Waals surface area contributed by atoms with Crippen molar-refractivity contribution in [2.24, 2.45) is 0 Å². The summed E-state index contributed by atoms with van der Waals surface area (Å²) in [5.41, 5.74) is 0. The quantitative estimate of drug-likeness (QED) is 0.308. The van der Waals surface area contributed by atoms with Crippen LogP contribution in [0.1, 0.15) is 58.3 Å². The van der Waals surface area contributed by atoms with E-state index < -0.39 is 12.1 Å². The average Bonchev–Trinajstić information content (AvgIpc) is 2.49. The topological polar surface area (TPSA) is 74.6 Å². The number of ketones is 1. The molecule has 22 heavy (non-hydrogen) atoms. The van der Waals surface area contributed by atoms with E-state index in [1.165, 1.54) is 0 Å². The molecule has 124 valence electrons. The number of unbranched alkanes of at least 4 members (excludes halogenated alkanes) is 4. The Labute approximate surface area is 133 Å². The van der Waals surface area contributed by atoms with Gasteiger partial charge in [-0.25, -0.2) is 0 Å². The zero-order valence-corrected chi connectivity index (χ0v) is 13.4. The van der Waals surface area contributed by atoms with Crippen molar-refractivity contribution in [1.29, 1.82) is 0 Å².